The van der Waals surface area contributed by atoms with Gasteiger partial charge in [0.25, 0.3) is 0 Å². The van der Waals surface area contributed by atoms with Crippen LogP contribution in [-0.2, 0) is 4.79 Å². The fourth-order valence-electron chi connectivity index (χ4n) is 2.96. The van der Waals surface area contributed by atoms with Crippen molar-refractivity contribution in [3.05, 3.63) is 23.2 Å². The molecular weight excluding hydrogens is 358 g/mol. The molecule has 0 spiro atoms. The second-order valence-corrected chi connectivity index (χ2v) is 7.10. The predicted octanol–water partition coefficient (Wildman–Crippen LogP) is 3.19. The van der Waals surface area contributed by atoms with E-state index in [4.69, 9.17) is 21.4 Å². The van der Waals surface area contributed by atoms with Crippen LogP contribution in [0.2, 0.25) is 5.02 Å². The van der Waals surface area contributed by atoms with Crippen molar-refractivity contribution in [2.75, 3.05) is 18.4 Å². The molecule has 1 fully saturated rings. The van der Waals surface area contributed by atoms with Crippen LogP contribution in [0, 0.1) is 0 Å². The number of nitrogens with one attached hydrogen (secondary N) is 2. The van der Waals surface area contributed by atoms with Crippen LogP contribution in [0.5, 0.6) is 5.75 Å². The fourth-order valence-corrected chi connectivity index (χ4v) is 3.18. The molecule has 0 heterocycles. The van der Waals surface area contributed by atoms with E-state index >= 15 is 0 Å². The highest BCUT2D eigenvalue weighted by molar-refractivity contribution is 6.32. The van der Waals surface area contributed by atoms with E-state index in [2.05, 4.69) is 10.6 Å². The summed E-state index contributed by atoms with van der Waals surface area (Å²) >= 11 is 6.16. The first kappa shape index (κ1) is 20.3. The number of carbonyl (C=O) groups is 2. The molecule has 1 saturated carbocycles. The molecule has 7 nitrogen and oxygen atoms in total. The Morgan fingerprint density at radius 1 is 1.38 bits per heavy atom. The fraction of sp³-hybridized carbons (Fsp3) is 0.556. The number of amides is 2. The molecule has 26 heavy (non-hydrogen) atoms. The van der Waals surface area contributed by atoms with E-state index in [1.54, 1.807) is 18.2 Å². The molecule has 1 aromatic rings. The molecule has 0 atom stereocenters. The number of ether oxygens (including phenoxy) is 1. The second kappa shape index (κ2) is 9.09. The number of rotatable bonds is 8. The van der Waals surface area contributed by atoms with Crippen molar-refractivity contribution in [2.45, 2.75) is 51.8 Å². The molecular formula is C18H26ClN3O4. The minimum absolute atomic E-state index is 0.0185. The zero-order valence-corrected chi connectivity index (χ0v) is 16.0. The van der Waals surface area contributed by atoms with Crippen LogP contribution in [0.1, 0.15) is 33.6 Å². The number of benzene rings is 1. The number of nitrogens with zero attached hydrogens (tertiary/aromatic N) is 1. The Labute approximate surface area is 158 Å². The Morgan fingerprint density at radius 2 is 2.08 bits per heavy atom. The number of anilines is 1. The average molecular weight is 384 g/mol. The van der Waals surface area contributed by atoms with Crippen molar-refractivity contribution < 1.29 is 19.4 Å². The van der Waals surface area contributed by atoms with Gasteiger partial charge >= 0.3 is 12.0 Å². The lowest BCUT2D eigenvalue weighted by Gasteiger charge is -2.42. The molecule has 0 radical (unpaired) electrons. The SMILES string of the molecule is CCN(CC(=O)O)C1CC(NC(=O)Nc2ccc(OC(C)C)c(Cl)c2)C1. The van der Waals surface area contributed by atoms with Crippen molar-refractivity contribution in [3.63, 3.8) is 0 Å². The lowest BCUT2D eigenvalue weighted by molar-refractivity contribution is -0.139. The third kappa shape index (κ3) is 5.78. The van der Waals surface area contributed by atoms with Gasteiger partial charge < -0.3 is 20.5 Å². The largest absolute Gasteiger partial charge is 0.489 e. The quantitative estimate of drug-likeness (QED) is 0.641. The standard InChI is InChI=1S/C18H26ClN3O4/c1-4-22(10-17(23)24)14-7-13(8-14)21-18(25)20-12-5-6-16(15(19)9-12)26-11(2)3/h5-6,9,11,13-14H,4,7-8,10H2,1-3H3,(H,23,24)(H2,20,21,25). The normalized spacial score (nSPS) is 19.2. The number of hydrogen-bond donors (Lipinski definition) is 3. The Balaban J connectivity index is 1.79. The first-order valence-corrected chi connectivity index (χ1v) is 9.15. The summed E-state index contributed by atoms with van der Waals surface area (Å²) in [5, 5.41) is 15.0. The number of urea groups is 1. The van der Waals surface area contributed by atoms with Crippen molar-refractivity contribution in [1.82, 2.24) is 10.2 Å². The van der Waals surface area contributed by atoms with Crippen LogP contribution in [-0.4, -0.2) is 53.3 Å². The van der Waals surface area contributed by atoms with Crippen molar-refractivity contribution in [2.24, 2.45) is 0 Å². The number of carboxylic acid groups (broad SMARTS) is 1. The van der Waals surface area contributed by atoms with Gasteiger partial charge in [-0.15, -0.1) is 0 Å². The minimum atomic E-state index is -0.831. The molecule has 1 aliphatic rings. The van der Waals surface area contributed by atoms with Gasteiger partial charge in [-0.1, -0.05) is 18.5 Å². The average Bonchev–Trinajstić information content (AvgIpc) is 2.50. The van der Waals surface area contributed by atoms with Crippen LogP contribution in [0.3, 0.4) is 0 Å². The molecule has 1 aromatic carbocycles. The van der Waals surface area contributed by atoms with Crippen LogP contribution < -0.4 is 15.4 Å². The topological polar surface area (TPSA) is 90.9 Å². The lowest BCUT2D eigenvalue weighted by atomic mass is 9.85. The van der Waals surface area contributed by atoms with E-state index in [-0.39, 0.29) is 30.8 Å². The van der Waals surface area contributed by atoms with E-state index in [0.29, 0.717) is 23.0 Å². The van der Waals surface area contributed by atoms with Crippen LogP contribution in [0.15, 0.2) is 18.2 Å². The molecule has 8 heteroatoms. The first-order valence-electron chi connectivity index (χ1n) is 8.78. The van der Waals surface area contributed by atoms with Crippen molar-refractivity contribution in [3.8, 4) is 5.75 Å². The number of likely N-dealkylation sites (N-methyl/N-ethyl adjacent to an activating group) is 1. The summed E-state index contributed by atoms with van der Waals surface area (Å²) in [7, 11) is 0. The van der Waals surface area contributed by atoms with Crippen molar-refractivity contribution >= 4 is 29.3 Å². The third-order valence-electron chi connectivity index (χ3n) is 4.26. The van der Waals surface area contributed by atoms with Gasteiger partial charge in [-0.05, 0) is 51.4 Å². The van der Waals surface area contributed by atoms with Gasteiger partial charge in [0.05, 0.1) is 17.7 Å². The second-order valence-electron chi connectivity index (χ2n) is 6.69. The molecule has 1 aliphatic carbocycles. The van der Waals surface area contributed by atoms with Gasteiger partial charge in [-0.2, -0.15) is 0 Å². The van der Waals surface area contributed by atoms with E-state index in [0.717, 1.165) is 12.8 Å². The summed E-state index contributed by atoms with van der Waals surface area (Å²) in [6.07, 6.45) is 1.51. The Morgan fingerprint density at radius 3 is 2.62 bits per heavy atom. The van der Waals surface area contributed by atoms with Crippen molar-refractivity contribution in [1.29, 1.82) is 0 Å². The molecule has 0 unspecified atom stereocenters. The number of hydrogen-bond acceptors (Lipinski definition) is 4. The Kier molecular flexibility index (Phi) is 7.11. The summed E-state index contributed by atoms with van der Waals surface area (Å²) in [5.41, 5.74) is 0.584. The predicted molar refractivity (Wildman–Crippen MR) is 101 cm³/mol. The highest BCUT2D eigenvalue weighted by Gasteiger charge is 2.34. The Hall–Kier alpha value is -1.99. The molecule has 2 amide bonds. The summed E-state index contributed by atoms with van der Waals surface area (Å²) in [4.78, 5) is 24.9. The van der Waals surface area contributed by atoms with E-state index < -0.39 is 5.97 Å². The number of halogens is 1. The zero-order valence-electron chi connectivity index (χ0n) is 15.3. The van der Waals surface area contributed by atoms with Crippen LogP contribution >= 0.6 is 11.6 Å². The molecule has 144 valence electrons. The van der Waals surface area contributed by atoms with Crippen LogP contribution in [0.25, 0.3) is 0 Å². The molecule has 0 saturated heterocycles. The third-order valence-corrected chi connectivity index (χ3v) is 4.56. The van der Waals surface area contributed by atoms with Gasteiger partial charge in [0.1, 0.15) is 5.75 Å². The number of aliphatic carboxylic acids is 1. The maximum absolute atomic E-state index is 12.1. The maximum atomic E-state index is 12.1. The zero-order chi connectivity index (χ0) is 19.3. The lowest BCUT2D eigenvalue weighted by Crippen LogP contribution is -2.55. The van der Waals surface area contributed by atoms with Gasteiger partial charge in [-0.3, -0.25) is 9.69 Å². The summed E-state index contributed by atoms with van der Waals surface area (Å²) in [6, 6.07) is 5.04. The summed E-state index contributed by atoms with van der Waals surface area (Å²) < 4.78 is 5.56. The monoisotopic (exact) mass is 383 g/mol. The minimum Gasteiger partial charge on any atom is -0.489 e. The molecule has 2 rings (SSSR count). The summed E-state index contributed by atoms with van der Waals surface area (Å²) in [6.45, 7) is 6.48. The Bertz CT molecular complexity index is 647. The highest BCUT2D eigenvalue weighted by Crippen LogP contribution is 2.29. The van der Waals surface area contributed by atoms with Gasteiger partial charge in [-0.25, -0.2) is 4.79 Å². The van der Waals surface area contributed by atoms with Crippen LogP contribution in [0.4, 0.5) is 10.5 Å². The summed E-state index contributed by atoms with van der Waals surface area (Å²) in [5.74, 6) is -0.254. The first-order chi connectivity index (χ1) is 12.3. The number of carboxylic acids is 1. The number of carbonyl (C=O) groups excluding carboxylic acids is 1. The maximum Gasteiger partial charge on any atom is 0.319 e. The van der Waals surface area contributed by atoms with E-state index in [9.17, 15) is 9.59 Å². The molecule has 0 aliphatic heterocycles. The highest BCUT2D eigenvalue weighted by atomic mass is 35.5. The van der Waals surface area contributed by atoms with E-state index in [1.165, 1.54) is 0 Å². The molecule has 0 bridgehead atoms. The van der Waals surface area contributed by atoms with Gasteiger partial charge in [0.2, 0.25) is 0 Å². The molecule has 3 N–H and O–H groups in total. The smallest absolute Gasteiger partial charge is 0.319 e. The molecule has 0 aromatic heterocycles. The van der Waals surface area contributed by atoms with E-state index in [1.807, 2.05) is 25.7 Å². The van der Waals surface area contributed by atoms with Gasteiger partial charge in [0.15, 0.2) is 0 Å². The van der Waals surface area contributed by atoms with Gasteiger partial charge in [0, 0.05) is 17.8 Å².